The van der Waals surface area contributed by atoms with Crippen LogP contribution in [0.4, 0.5) is 11.4 Å². The standard InChI is InChI=1S/C12H11N3O4S/c1-7-6-20-11(14-7)5-13-8-2-3-10(15(18)19)9(4-8)12(16)17/h2-4,6,13H,5H2,1H3,(H,16,17). The van der Waals surface area contributed by atoms with Gasteiger partial charge in [0.1, 0.15) is 10.6 Å². The van der Waals surface area contributed by atoms with Crippen LogP contribution in [0.2, 0.25) is 0 Å². The van der Waals surface area contributed by atoms with Crippen LogP contribution in [0.1, 0.15) is 21.1 Å². The third-order valence-electron chi connectivity index (χ3n) is 2.53. The molecule has 1 aromatic carbocycles. The Labute approximate surface area is 118 Å². The second kappa shape index (κ2) is 5.66. The lowest BCUT2D eigenvalue weighted by atomic mass is 10.1. The average molecular weight is 293 g/mol. The molecule has 0 unspecified atom stereocenters. The van der Waals surface area contributed by atoms with Crippen LogP contribution in [-0.2, 0) is 6.54 Å². The smallest absolute Gasteiger partial charge is 0.342 e. The molecule has 0 fully saturated rings. The predicted molar refractivity (Wildman–Crippen MR) is 74.2 cm³/mol. The third kappa shape index (κ3) is 3.09. The lowest BCUT2D eigenvalue weighted by Crippen LogP contribution is -2.05. The van der Waals surface area contributed by atoms with Crippen molar-refractivity contribution in [3.8, 4) is 0 Å². The Morgan fingerprint density at radius 2 is 2.30 bits per heavy atom. The Morgan fingerprint density at radius 1 is 1.55 bits per heavy atom. The Balaban J connectivity index is 2.18. The number of carboxylic acid groups (broad SMARTS) is 1. The van der Waals surface area contributed by atoms with Gasteiger partial charge in [0, 0.05) is 22.8 Å². The summed E-state index contributed by atoms with van der Waals surface area (Å²) < 4.78 is 0. The van der Waals surface area contributed by atoms with E-state index in [0.717, 1.165) is 10.7 Å². The molecule has 0 aliphatic carbocycles. The van der Waals surface area contributed by atoms with E-state index in [4.69, 9.17) is 5.11 Å². The highest BCUT2D eigenvalue weighted by Crippen LogP contribution is 2.23. The number of thiazole rings is 1. The summed E-state index contributed by atoms with van der Waals surface area (Å²) in [5.74, 6) is -1.33. The summed E-state index contributed by atoms with van der Waals surface area (Å²) in [6.07, 6.45) is 0. The number of aryl methyl sites for hydroxylation is 1. The van der Waals surface area contributed by atoms with Crippen molar-refractivity contribution in [3.63, 3.8) is 0 Å². The van der Waals surface area contributed by atoms with Gasteiger partial charge >= 0.3 is 5.97 Å². The predicted octanol–water partition coefficient (Wildman–Crippen LogP) is 2.67. The summed E-state index contributed by atoms with van der Waals surface area (Å²) >= 11 is 1.49. The summed E-state index contributed by atoms with van der Waals surface area (Å²) in [4.78, 5) is 25.3. The molecular weight excluding hydrogens is 282 g/mol. The minimum absolute atomic E-state index is 0.338. The van der Waals surface area contributed by atoms with Gasteiger partial charge in [0.25, 0.3) is 5.69 Å². The van der Waals surface area contributed by atoms with Gasteiger partial charge in [-0.05, 0) is 19.1 Å². The monoisotopic (exact) mass is 293 g/mol. The van der Waals surface area contributed by atoms with E-state index in [1.165, 1.54) is 29.5 Å². The van der Waals surface area contributed by atoms with Crippen LogP contribution in [0.25, 0.3) is 0 Å². The fourth-order valence-corrected chi connectivity index (χ4v) is 2.35. The Bertz CT molecular complexity index is 668. The zero-order valence-corrected chi connectivity index (χ0v) is 11.3. The zero-order chi connectivity index (χ0) is 14.7. The zero-order valence-electron chi connectivity index (χ0n) is 10.5. The second-order valence-corrected chi connectivity index (χ2v) is 4.97. The number of anilines is 1. The first kappa shape index (κ1) is 13.9. The largest absolute Gasteiger partial charge is 0.477 e. The number of benzene rings is 1. The molecular formula is C12H11N3O4S. The second-order valence-electron chi connectivity index (χ2n) is 4.03. The quantitative estimate of drug-likeness (QED) is 0.648. The number of nitro benzene ring substituents is 1. The minimum atomic E-state index is -1.33. The van der Waals surface area contributed by atoms with Crippen molar-refractivity contribution in [2.24, 2.45) is 0 Å². The maximum Gasteiger partial charge on any atom is 0.342 e. The number of nitrogens with one attached hydrogen (secondary N) is 1. The molecule has 0 bridgehead atoms. The molecule has 0 radical (unpaired) electrons. The van der Waals surface area contributed by atoms with Gasteiger partial charge in [-0.1, -0.05) is 0 Å². The highest BCUT2D eigenvalue weighted by atomic mass is 32.1. The van der Waals surface area contributed by atoms with Gasteiger partial charge in [-0.3, -0.25) is 10.1 Å². The molecule has 104 valence electrons. The first-order valence-electron chi connectivity index (χ1n) is 5.64. The molecule has 2 rings (SSSR count). The molecule has 0 atom stereocenters. The maximum absolute atomic E-state index is 11.0. The van der Waals surface area contributed by atoms with E-state index in [0.29, 0.717) is 12.2 Å². The summed E-state index contributed by atoms with van der Waals surface area (Å²) in [5.41, 5.74) is 0.658. The van der Waals surface area contributed by atoms with E-state index in [9.17, 15) is 14.9 Å². The van der Waals surface area contributed by atoms with Crippen molar-refractivity contribution in [3.05, 3.63) is 50.0 Å². The Morgan fingerprint density at radius 3 is 2.85 bits per heavy atom. The van der Waals surface area contributed by atoms with Gasteiger partial charge in [-0.15, -0.1) is 11.3 Å². The average Bonchev–Trinajstić information content (AvgIpc) is 2.81. The van der Waals surface area contributed by atoms with Crippen molar-refractivity contribution in [1.29, 1.82) is 0 Å². The third-order valence-corrected chi connectivity index (χ3v) is 3.50. The fraction of sp³-hybridized carbons (Fsp3) is 0.167. The van der Waals surface area contributed by atoms with Crippen LogP contribution in [0.5, 0.6) is 0 Å². The van der Waals surface area contributed by atoms with Gasteiger partial charge < -0.3 is 10.4 Å². The molecule has 0 saturated heterocycles. The SMILES string of the molecule is Cc1csc(CNc2ccc([N+](=O)[O-])c(C(=O)O)c2)n1. The molecule has 1 aromatic heterocycles. The summed E-state index contributed by atoms with van der Waals surface area (Å²) in [6, 6.07) is 3.91. The molecule has 0 amide bonds. The topological polar surface area (TPSA) is 105 Å². The van der Waals surface area contributed by atoms with E-state index in [1.807, 2.05) is 12.3 Å². The van der Waals surface area contributed by atoms with Crippen LogP contribution in [0.15, 0.2) is 23.6 Å². The summed E-state index contributed by atoms with van der Waals surface area (Å²) in [6.45, 7) is 2.32. The minimum Gasteiger partial charge on any atom is -0.477 e. The van der Waals surface area contributed by atoms with Crippen LogP contribution in [-0.4, -0.2) is 21.0 Å². The molecule has 8 heteroatoms. The Kier molecular flexibility index (Phi) is 3.94. The van der Waals surface area contributed by atoms with E-state index in [1.54, 1.807) is 0 Å². The van der Waals surface area contributed by atoms with E-state index < -0.39 is 16.6 Å². The highest BCUT2D eigenvalue weighted by Gasteiger charge is 2.19. The molecule has 7 nitrogen and oxygen atoms in total. The Hall–Kier alpha value is -2.48. The van der Waals surface area contributed by atoms with Gasteiger partial charge in [-0.25, -0.2) is 9.78 Å². The highest BCUT2D eigenvalue weighted by molar-refractivity contribution is 7.09. The summed E-state index contributed by atoms with van der Waals surface area (Å²) in [7, 11) is 0. The molecule has 2 N–H and O–H groups in total. The van der Waals surface area contributed by atoms with Crippen molar-refractivity contribution in [1.82, 2.24) is 4.98 Å². The van der Waals surface area contributed by atoms with E-state index in [2.05, 4.69) is 10.3 Å². The molecule has 0 spiro atoms. The van der Waals surface area contributed by atoms with Crippen molar-refractivity contribution < 1.29 is 14.8 Å². The van der Waals surface area contributed by atoms with Crippen LogP contribution >= 0.6 is 11.3 Å². The lowest BCUT2D eigenvalue weighted by molar-refractivity contribution is -0.385. The van der Waals surface area contributed by atoms with Gasteiger partial charge in [-0.2, -0.15) is 0 Å². The fourth-order valence-electron chi connectivity index (χ4n) is 1.64. The van der Waals surface area contributed by atoms with Crippen LogP contribution in [0.3, 0.4) is 0 Å². The normalized spacial score (nSPS) is 10.2. The van der Waals surface area contributed by atoms with E-state index in [-0.39, 0.29) is 5.56 Å². The number of hydrogen-bond acceptors (Lipinski definition) is 6. The number of hydrogen-bond donors (Lipinski definition) is 2. The number of carbonyl (C=O) groups is 1. The van der Waals surface area contributed by atoms with Crippen molar-refractivity contribution in [2.45, 2.75) is 13.5 Å². The number of nitrogens with zero attached hydrogens (tertiary/aromatic N) is 2. The van der Waals surface area contributed by atoms with Gasteiger partial charge in [0.05, 0.1) is 11.5 Å². The summed E-state index contributed by atoms with van der Waals surface area (Å²) in [5, 5.41) is 25.5. The number of aromatic nitrogens is 1. The van der Waals surface area contributed by atoms with Gasteiger partial charge in [0.2, 0.25) is 0 Å². The number of carboxylic acids is 1. The molecule has 0 aliphatic rings. The maximum atomic E-state index is 11.0. The van der Waals surface area contributed by atoms with Crippen LogP contribution in [0, 0.1) is 17.0 Å². The molecule has 0 aliphatic heterocycles. The first-order valence-corrected chi connectivity index (χ1v) is 6.52. The number of aromatic carboxylic acids is 1. The van der Waals surface area contributed by atoms with Crippen molar-refractivity contribution in [2.75, 3.05) is 5.32 Å². The van der Waals surface area contributed by atoms with E-state index >= 15 is 0 Å². The number of rotatable bonds is 5. The van der Waals surface area contributed by atoms with Crippen molar-refractivity contribution >= 4 is 28.7 Å². The van der Waals surface area contributed by atoms with Crippen LogP contribution < -0.4 is 5.32 Å². The number of nitro groups is 1. The van der Waals surface area contributed by atoms with Gasteiger partial charge in [0.15, 0.2) is 0 Å². The lowest BCUT2D eigenvalue weighted by Gasteiger charge is -2.05. The molecule has 0 saturated carbocycles. The first-order chi connectivity index (χ1) is 9.47. The molecule has 1 heterocycles. The molecule has 20 heavy (non-hydrogen) atoms. The molecule has 2 aromatic rings.